The average molecular weight is 380 g/mol. The largest absolute Gasteiger partial charge is 0.494 e. The second kappa shape index (κ2) is 6.27. The first kappa shape index (κ1) is 15.3. The Hall–Kier alpha value is -1.58. The summed E-state index contributed by atoms with van der Waals surface area (Å²) in [7, 11) is 1.45. The van der Waals surface area contributed by atoms with Crippen molar-refractivity contribution in [2.75, 3.05) is 7.11 Å². The minimum absolute atomic E-state index is 0.245. The summed E-state index contributed by atoms with van der Waals surface area (Å²) >= 11 is 10.1. The van der Waals surface area contributed by atoms with Gasteiger partial charge in [-0.2, -0.15) is 0 Å². The van der Waals surface area contributed by atoms with Crippen LogP contribution in [0.4, 0.5) is 4.39 Å². The van der Waals surface area contributed by atoms with Crippen LogP contribution in [0.1, 0.15) is 11.1 Å². The molecule has 22 heavy (non-hydrogen) atoms. The standard InChI is InChI=1S/C18H13BrClFO/c1-22-17-7-6-11(9-16(17)21)8-12-10-15(19)13-4-2-3-5-14(13)18(12)20/h2-7,9-10H,8H2,1H3. The molecule has 3 rings (SSSR count). The Balaban J connectivity index is 2.04. The maximum absolute atomic E-state index is 13.8. The number of hydrogen-bond acceptors (Lipinski definition) is 1. The molecule has 0 saturated carbocycles. The number of fused-ring (bicyclic) bond motifs is 1. The molecule has 0 spiro atoms. The van der Waals surface area contributed by atoms with Gasteiger partial charge < -0.3 is 4.74 Å². The van der Waals surface area contributed by atoms with Crippen LogP contribution in [0.15, 0.2) is 53.0 Å². The van der Waals surface area contributed by atoms with Crippen molar-refractivity contribution in [3.63, 3.8) is 0 Å². The minimum Gasteiger partial charge on any atom is -0.494 e. The van der Waals surface area contributed by atoms with Gasteiger partial charge in [-0.1, -0.05) is 57.9 Å². The Labute approximate surface area is 141 Å². The normalized spacial score (nSPS) is 10.9. The van der Waals surface area contributed by atoms with Gasteiger partial charge in [0.05, 0.1) is 12.1 Å². The molecule has 3 aromatic rings. The Bertz CT molecular complexity index is 848. The van der Waals surface area contributed by atoms with Crippen molar-refractivity contribution in [1.29, 1.82) is 0 Å². The third-order valence-electron chi connectivity index (χ3n) is 3.61. The molecule has 0 heterocycles. The first-order valence-corrected chi connectivity index (χ1v) is 7.95. The highest BCUT2D eigenvalue weighted by atomic mass is 79.9. The van der Waals surface area contributed by atoms with Crippen LogP contribution in [-0.4, -0.2) is 7.11 Å². The van der Waals surface area contributed by atoms with Gasteiger partial charge in [-0.25, -0.2) is 4.39 Å². The van der Waals surface area contributed by atoms with E-state index in [1.54, 1.807) is 6.07 Å². The van der Waals surface area contributed by atoms with Gasteiger partial charge in [0.25, 0.3) is 0 Å². The molecule has 0 atom stereocenters. The lowest BCUT2D eigenvalue weighted by Gasteiger charge is -2.11. The Morgan fingerprint density at radius 3 is 2.50 bits per heavy atom. The smallest absolute Gasteiger partial charge is 0.165 e. The van der Waals surface area contributed by atoms with Crippen LogP contribution in [0.5, 0.6) is 5.75 Å². The zero-order valence-corrected chi connectivity index (χ0v) is 14.2. The first-order chi connectivity index (χ1) is 10.6. The van der Waals surface area contributed by atoms with Crippen molar-refractivity contribution in [1.82, 2.24) is 0 Å². The molecule has 0 aliphatic rings. The molecule has 3 aromatic carbocycles. The molecule has 0 amide bonds. The molecule has 0 fully saturated rings. The quantitative estimate of drug-likeness (QED) is 0.543. The molecule has 0 aliphatic heterocycles. The van der Waals surface area contributed by atoms with Gasteiger partial charge in [-0.3, -0.25) is 0 Å². The van der Waals surface area contributed by atoms with E-state index >= 15 is 0 Å². The van der Waals surface area contributed by atoms with Gasteiger partial charge in [-0.15, -0.1) is 0 Å². The summed E-state index contributed by atoms with van der Waals surface area (Å²) in [4.78, 5) is 0. The third-order valence-corrected chi connectivity index (χ3v) is 4.72. The van der Waals surface area contributed by atoms with Crippen LogP contribution < -0.4 is 4.74 Å². The maximum Gasteiger partial charge on any atom is 0.165 e. The van der Waals surface area contributed by atoms with E-state index in [2.05, 4.69) is 15.9 Å². The average Bonchev–Trinajstić information content (AvgIpc) is 2.52. The van der Waals surface area contributed by atoms with Crippen LogP contribution >= 0.6 is 27.5 Å². The molecule has 1 nitrogen and oxygen atoms in total. The number of hydrogen-bond donors (Lipinski definition) is 0. The van der Waals surface area contributed by atoms with E-state index in [1.807, 2.05) is 36.4 Å². The van der Waals surface area contributed by atoms with Gasteiger partial charge in [0.15, 0.2) is 11.6 Å². The monoisotopic (exact) mass is 378 g/mol. The lowest BCUT2D eigenvalue weighted by molar-refractivity contribution is 0.386. The summed E-state index contributed by atoms with van der Waals surface area (Å²) in [6.07, 6.45) is 0.559. The fourth-order valence-electron chi connectivity index (χ4n) is 2.52. The molecule has 4 heteroatoms. The van der Waals surface area contributed by atoms with Crippen LogP contribution in [0.25, 0.3) is 10.8 Å². The number of halogens is 3. The van der Waals surface area contributed by atoms with Crippen LogP contribution in [-0.2, 0) is 6.42 Å². The second-order valence-electron chi connectivity index (χ2n) is 5.02. The molecule has 0 unspecified atom stereocenters. The van der Waals surface area contributed by atoms with Crippen LogP contribution in [0.2, 0.25) is 5.02 Å². The van der Waals surface area contributed by atoms with E-state index in [1.165, 1.54) is 13.2 Å². The molecule has 0 aliphatic carbocycles. The molecule has 0 radical (unpaired) electrons. The van der Waals surface area contributed by atoms with E-state index in [-0.39, 0.29) is 11.6 Å². The van der Waals surface area contributed by atoms with Crippen molar-refractivity contribution in [2.24, 2.45) is 0 Å². The predicted octanol–water partition coefficient (Wildman–Crippen LogP) is 5.99. The van der Waals surface area contributed by atoms with E-state index in [4.69, 9.17) is 16.3 Å². The highest BCUT2D eigenvalue weighted by molar-refractivity contribution is 9.10. The van der Waals surface area contributed by atoms with Gasteiger partial charge >= 0.3 is 0 Å². The lowest BCUT2D eigenvalue weighted by atomic mass is 10.0. The second-order valence-corrected chi connectivity index (χ2v) is 6.26. The number of benzene rings is 3. The summed E-state index contributed by atoms with van der Waals surface area (Å²) in [5, 5.41) is 2.76. The van der Waals surface area contributed by atoms with Crippen molar-refractivity contribution in [3.8, 4) is 5.75 Å². The van der Waals surface area contributed by atoms with E-state index in [0.717, 1.165) is 26.4 Å². The van der Waals surface area contributed by atoms with Crippen molar-refractivity contribution in [3.05, 3.63) is 75.0 Å². The molecule has 0 bridgehead atoms. The van der Waals surface area contributed by atoms with Gasteiger partial charge in [-0.05, 0) is 41.1 Å². The summed E-state index contributed by atoms with van der Waals surface area (Å²) in [5.74, 6) is -0.120. The van der Waals surface area contributed by atoms with E-state index in [9.17, 15) is 4.39 Å². The summed E-state index contributed by atoms with van der Waals surface area (Å²) in [5.41, 5.74) is 1.80. The van der Waals surface area contributed by atoms with E-state index in [0.29, 0.717) is 11.4 Å². The molecular formula is C18H13BrClFO. The Kier molecular flexibility index (Phi) is 4.37. The molecule has 0 saturated heterocycles. The van der Waals surface area contributed by atoms with Gasteiger partial charge in [0.2, 0.25) is 0 Å². The fraction of sp³-hybridized carbons (Fsp3) is 0.111. The topological polar surface area (TPSA) is 9.23 Å². The Morgan fingerprint density at radius 1 is 1.09 bits per heavy atom. The number of methoxy groups -OCH3 is 1. The summed E-state index contributed by atoms with van der Waals surface area (Å²) in [6, 6.07) is 14.9. The minimum atomic E-state index is -0.365. The number of ether oxygens (including phenoxy) is 1. The maximum atomic E-state index is 13.8. The lowest BCUT2D eigenvalue weighted by Crippen LogP contribution is -1.94. The molecule has 0 aromatic heterocycles. The van der Waals surface area contributed by atoms with E-state index < -0.39 is 0 Å². The molecule has 0 N–H and O–H groups in total. The Morgan fingerprint density at radius 2 is 1.82 bits per heavy atom. The summed E-state index contributed by atoms with van der Waals surface area (Å²) < 4.78 is 19.7. The third kappa shape index (κ3) is 2.83. The first-order valence-electron chi connectivity index (χ1n) is 6.78. The van der Waals surface area contributed by atoms with Crippen molar-refractivity contribution >= 4 is 38.3 Å². The van der Waals surface area contributed by atoms with Crippen LogP contribution in [0.3, 0.4) is 0 Å². The zero-order valence-electron chi connectivity index (χ0n) is 11.9. The molecule has 112 valence electrons. The fourth-order valence-corrected chi connectivity index (χ4v) is 3.43. The zero-order chi connectivity index (χ0) is 15.7. The molecular weight excluding hydrogens is 367 g/mol. The van der Waals surface area contributed by atoms with Gasteiger partial charge in [0, 0.05) is 9.86 Å². The SMILES string of the molecule is COc1ccc(Cc2cc(Br)c3ccccc3c2Cl)cc1F. The van der Waals surface area contributed by atoms with Crippen molar-refractivity contribution in [2.45, 2.75) is 6.42 Å². The van der Waals surface area contributed by atoms with Gasteiger partial charge in [0.1, 0.15) is 0 Å². The highest BCUT2D eigenvalue weighted by Crippen LogP contribution is 2.34. The predicted molar refractivity (Wildman–Crippen MR) is 92.4 cm³/mol. The highest BCUT2D eigenvalue weighted by Gasteiger charge is 2.11. The van der Waals surface area contributed by atoms with Crippen molar-refractivity contribution < 1.29 is 9.13 Å². The number of rotatable bonds is 3. The summed E-state index contributed by atoms with van der Waals surface area (Å²) in [6.45, 7) is 0. The van der Waals surface area contributed by atoms with Crippen LogP contribution in [0, 0.1) is 5.82 Å².